The van der Waals surface area contributed by atoms with Crippen molar-refractivity contribution in [2.24, 2.45) is 5.73 Å². The molecule has 0 unspecified atom stereocenters. The highest BCUT2D eigenvalue weighted by Gasteiger charge is 2.56. The topological polar surface area (TPSA) is 153 Å². The first-order valence-electron chi connectivity index (χ1n) is 4.19. The lowest BCUT2D eigenvalue weighted by molar-refractivity contribution is -0.330. The molecule has 1 fully saturated rings. The Bertz CT molecular complexity index is 258. The summed E-state index contributed by atoms with van der Waals surface area (Å²) in [5.41, 5.74) is 4.77. The van der Waals surface area contributed by atoms with Crippen LogP contribution < -0.4 is 5.73 Å². The first-order chi connectivity index (χ1) is 6.84. The molecule has 88 valence electrons. The highest BCUT2D eigenvalue weighted by molar-refractivity contribution is 5.82. The average molecular weight is 223 g/mol. The minimum absolute atomic E-state index is 0.749. The fourth-order valence-corrected chi connectivity index (χ4v) is 1.36. The zero-order valence-electron chi connectivity index (χ0n) is 7.65. The van der Waals surface area contributed by atoms with Crippen molar-refractivity contribution in [2.75, 3.05) is 6.61 Å². The first-order valence-corrected chi connectivity index (χ1v) is 4.19. The van der Waals surface area contributed by atoms with Crippen molar-refractivity contribution in [1.82, 2.24) is 0 Å². The van der Waals surface area contributed by atoms with Gasteiger partial charge < -0.3 is 36.0 Å². The molecule has 1 amide bonds. The van der Waals surface area contributed by atoms with E-state index in [1.54, 1.807) is 0 Å². The number of carbonyl (C=O) groups is 1. The van der Waals surface area contributed by atoms with Gasteiger partial charge in [0.2, 0.25) is 0 Å². The summed E-state index contributed by atoms with van der Waals surface area (Å²) in [7, 11) is 0. The van der Waals surface area contributed by atoms with Crippen molar-refractivity contribution in [3.63, 3.8) is 0 Å². The van der Waals surface area contributed by atoms with Gasteiger partial charge in [-0.2, -0.15) is 0 Å². The average Bonchev–Trinajstić information content (AvgIpc) is 2.20. The number of nitrogens with two attached hydrogens (primary N) is 1. The molecule has 0 aromatic rings. The van der Waals surface area contributed by atoms with Crippen molar-refractivity contribution in [3.05, 3.63) is 0 Å². The Hall–Kier alpha value is -0.770. The second-order valence-corrected chi connectivity index (χ2v) is 3.33. The first kappa shape index (κ1) is 12.3. The Morgan fingerprint density at radius 1 is 1.33 bits per heavy atom. The van der Waals surface area contributed by atoms with Gasteiger partial charge in [-0.05, 0) is 0 Å². The van der Waals surface area contributed by atoms with Crippen molar-refractivity contribution in [2.45, 2.75) is 30.2 Å². The second-order valence-electron chi connectivity index (χ2n) is 3.33. The monoisotopic (exact) mass is 223 g/mol. The Morgan fingerprint density at radius 3 is 2.27 bits per heavy atom. The molecule has 1 saturated heterocycles. The third-order valence-corrected chi connectivity index (χ3v) is 2.32. The van der Waals surface area contributed by atoms with Crippen molar-refractivity contribution >= 4 is 5.91 Å². The van der Waals surface area contributed by atoms with Crippen LogP contribution in [0.25, 0.3) is 0 Å². The highest BCUT2D eigenvalue weighted by atomic mass is 16.7. The minimum atomic E-state index is -2.81. The van der Waals surface area contributed by atoms with Crippen LogP contribution in [0.1, 0.15) is 0 Å². The number of aliphatic hydroxyl groups is 5. The maximum Gasteiger partial charge on any atom is 0.280 e. The highest BCUT2D eigenvalue weighted by Crippen LogP contribution is 2.27. The zero-order valence-corrected chi connectivity index (χ0v) is 7.65. The van der Waals surface area contributed by atoms with Crippen LogP contribution in [0, 0.1) is 0 Å². The van der Waals surface area contributed by atoms with Crippen LogP contribution in [0.3, 0.4) is 0 Å². The molecule has 0 aromatic heterocycles. The predicted molar refractivity (Wildman–Crippen MR) is 44.1 cm³/mol. The minimum Gasteiger partial charge on any atom is -0.394 e. The molecule has 8 nitrogen and oxygen atoms in total. The molecule has 0 spiro atoms. The predicted octanol–water partition coefficient (Wildman–Crippen LogP) is -4.37. The summed E-state index contributed by atoms with van der Waals surface area (Å²) in [5, 5.41) is 46.0. The molecule has 5 atom stereocenters. The van der Waals surface area contributed by atoms with Gasteiger partial charge in [0.25, 0.3) is 11.7 Å². The zero-order chi connectivity index (χ0) is 11.8. The third kappa shape index (κ3) is 1.83. The van der Waals surface area contributed by atoms with E-state index in [0.29, 0.717) is 0 Å². The Labute approximate surface area is 84.5 Å². The smallest absolute Gasteiger partial charge is 0.280 e. The number of carbonyl (C=O) groups excluding carboxylic acids is 1. The van der Waals surface area contributed by atoms with Gasteiger partial charge in [0.15, 0.2) is 0 Å². The number of hydrogen-bond donors (Lipinski definition) is 6. The molecule has 15 heavy (non-hydrogen) atoms. The van der Waals surface area contributed by atoms with Crippen LogP contribution in [0.15, 0.2) is 0 Å². The second kappa shape index (κ2) is 4.00. The van der Waals surface area contributed by atoms with Crippen LogP contribution >= 0.6 is 0 Å². The van der Waals surface area contributed by atoms with Gasteiger partial charge in [0.05, 0.1) is 6.61 Å². The summed E-state index contributed by atoms with van der Waals surface area (Å²) < 4.78 is 4.55. The van der Waals surface area contributed by atoms with E-state index < -0.39 is 42.7 Å². The fraction of sp³-hybridized carbons (Fsp3) is 0.857. The SMILES string of the molecule is NC(=O)[C@]1(O)O[C@@H](CO)[C@H](O)[C@@H](O)[C@H]1O. The van der Waals surface area contributed by atoms with E-state index in [0.717, 1.165) is 0 Å². The van der Waals surface area contributed by atoms with E-state index in [1.807, 2.05) is 0 Å². The van der Waals surface area contributed by atoms with E-state index in [4.69, 9.17) is 10.8 Å². The lowest BCUT2D eigenvalue weighted by Gasteiger charge is -2.43. The van der Waals surface area contributed by atoms with Crippen LogP contribution in [0.2, 0.25) is 0 Å². The fourth-order valence-electron chi connectivity index (χ4n) is 1.36. The summed E-state index contributed by atoms with van der Waals surface area (Å²) in [6.45, 7) is -0.749. The summed E-state index contributed by atoms with van der Waals surface area (Å²) in [6.07, 6.45) is -6.94. The van der Waals surface area contributed by atoms with E-state index in [2.05, 4.69) is 4.74 Å². The summed E-state index contributed by atoms with van der Waals surface area (Å²) >= 11 is 0. The van der Waals surface area contributed by atoms with E-state index in [-0.39, 0.29) is 0 Å². The van der Waals surface area contributed by atoms with Crippen molar-refractivity contribution in [3.8, 4) is 0 Å². The molecule has 0 radical (unpaired) electrons. The van der Waals surface area contributed by atoms with E-state index in [1.165, 1.54) is 0 Å². The summed E-state index contributed by atoms with van der Waals surface area (Å²) in [6, 6.07) is 0. The largest absolute Gasteiger partial charge is 0.394 e. The lowest BCUT2D eigenvalue weighted by atomic mass is 9.92. The number of rotatable bonds is 2. The molecule has 0 bridgehead atoms. The molecule has 0 aliphatic carbocycles. The Morgan fingerprint density at radius 2 is 1.87 bits per heavy atom. The standard InChI is InChI=1S/C7H13NO7/c8-6(13)7(14)5(12)4(11)3(10)2(1-9)15-7/h2-5,9-12,14H,1H2,(H2,8,13)/t2-,3-,4+,5+,7+/m0/s1. The van der Waals surface area contributed by atoms with Gasteiger partial charge >= 0.3 is 0 Å². The van der Waals surface area contributed by atoms with Gasteiger partial charge in [-0.3, -0.25) is 4.79 Å². The van der Waals surface area contributed by atoms with E-state index in [9.17, 15) is 25.2 Å². The van der Waals surface area contributed by atoms with Gasteiger partial charge in [-0.15, -0.1) is 0 Å². The molecular weight excluding hydrogens is 210 g/mol. The molecule has 1 rings (SSSR count). The number of hydrogen-bond acceptors (Lipinski definition) is 7. The number of primary amides is 1. The van der Waals surface area contributed by atoms with Gasteiger partial charge in [-0.1, -0.05) is 0 Å². The van der Waals surface area contributed by atoms with Gasteiger partial charge in [0.1, 0.15) is 24.4 Å². The maximum absolute atomic E-state index is 10.8. The van der Waals surface area contributed by atoms with Crippen LogP contribution in [-0.2, 0) is 9.53 Å². The molecular formula is C7H13NO7. The molecule has 1 aliphatic heterocycles. The van der Waals surface area contributed by atoms with E-state index >= 15 is 0 Å². The normalized spacial score (nSPS) is 46.5. The van der Waals surface area contributed by atoms with Gasteiger partial charge in [-0.25, -0.2) is 0 Å². The van der Waals surface area contributed by atoms with Crippen LogP contribution in [-0.4, -0.2) is 68.2 Å². The molecule has 0 aromatic carbocycles. The van der Waals surface area contributed by atoms with Crippen LogP contribution in [0.5, 0.6) is 0 Å². The molecule has 8 heteroatoms. The third-order valence-electron chi connectivity index (χ3n) is 2.32. The number of amides is 1. The number of ether oxygens (including phenoxy) is 1. The lowest BCUT2D eigenvalue weighted by Crippen LogP contribution is -2.69. The van der Waals surface area contributed by atoms with Crippen molar-refractivity contribution in [1.29, 1.82) is 0 Å². The quantitative estimate of drug-likeness (QED) is 0.276. The van der Waals surface area contributed by atoms with Crippen molar-refractivity contribution < 1.29 is 35.1 Å². The summed E-state index contributed by atoms with van der Waals surface area (Å²) in [5.74, 6) is -4.23. The molecule has 1 aliphatic rings. The Balaban J connectivity index is 2.97. The maximum atomic E-state index is 10.8. The molecule has 7 N–H and O–H groups in total. The Kier molecular flexibility index (Phi) is 3.28. The van der Waals surface area contributed by atoms with Gasteiger partial charge in [0, 0.05) is 0 Å². The summed E-state index contributed by atoms with van der Waals surface area (Å²) in [4.78, 5) is 10.8. The number of aliphatic hydroxyl groups excluding tert-OH is 4. The molecule has 1 heterocycles. The van der Waals surface area contributed by atoms with Crippen LogP contribution in [0.4, 0.5) is 0 Å². The molecule has 0 saturated carbocycles.